The molecule has 2 amide bonds. The fourth-order valence-corrected chi connectivity index (χ4v) is 1.76. The summed E-state index contributed by atoms with van der Waals surface area (Å²) in [5.74, 6) is 0.115. The zero-order valence-electron chi connectivity index (χ0n) is 9.46. The van der Waals surface area contributed by atoms with Crippen LogP contribution in [0.2, 0.25) is 0 Å². The molecular weight excluding hydrogens is 194 g/mol. The van der Waals surface area contributed by atoms with Crippen molar-refractivity contribution in [2.75, 3.05) is 20.1 Å². The summed E-state index contributed by atoms with van der Waals surface area (Å²) < 4.78 is 0. The van der Waals surface area contributed by atoms with E-state index in [1.807, 2.05) is 6.92 Å². The highest BCUT2D eigenvalue weighted by Crippen LogP contribution is 2.15. The standard InChI is InChI=1S/C10H19N3O2/c1-6-4-12-5-8(6)10(15)13-7(2)9(14)11-3/h6-8,12H,4-5H2,1-3H3,(H,11,14)(H,13,15)/t6-,7?,8-/m1/s1. The van der Waals surface area contributed by atoms with Crippen molar-refractivity contribution >= 4 is 11.8 Å². The van der Waals surface area contributed by atoms with Gasteiger partial charge in [0.1, 0.15) is 6.04 Å². The number of carbonyl (C=O) groups is 2. The fourth-order valence-electron chi connectivity index (χ4n) is 1.76. The number of likely N-dealkylation sites (N-methyl/N-ethyl adjacent to an activating group) is 1. The number of nitrogens with one attached hydrogen (secondary N) is 3. The maximum Gasteiger partial charge on any atom is 0.242 e. The molecule has 3 N–H and O–H groups in total. The molecule has 1 aliphatic heterocycles. The Kier molecular flexibility index (Phi) is 4.08. The second-order valence-corrected chi connectivity index (χ2v) is 4.09. The average molecular weight is 213 g/mol. The number of carbonyl (C=O) groups excluding carboxylic acids is 2. The third-order valence-corrected chi connectivity index (χ3v) is 2.85. The van der Waals surface area contributed by atoms with Gasteiger partial charge in [0.15, 0.2) is 0 Å². The maximum absolute atomic E-state index is 11.8. The molecule has 3 atom stereocenters. The van der Waals surface area contributed by atoms with Gasteiger partial charge in [-0.15, -0.1) is 0 Å². The molecule has 5 nitrogen and oxygen atoms in total. The van der Waals surface area contributed by atoms with Gasteiger partial charge in [-0.3, -0.25) is 9.59 Å². The molecule has 0 aromatic rings. The van der Waals surface area contributed by atoms with Crippen molar-refractivity contribution in [3.05, 3.63) is 0 Å². The van der Waals surface area contributed by atoms with Crippen molar-refractivity contribution in [3.8, 4) is 0 Å². The van der Waals surface area contributed by atoms with Gasteiger partial charge in [-0.2, -0.15) is 0 Å². The third-order valence-electron chi connectivity index (χ3n) is 2.85. The topological polar surface area (TPSA) is 70.2 Å². The van der Waals surface area contributed by atoms with E-state index >= 15 is 0 Å². The van der Waals surface area contributed by atoms with E-state index in [-0.39, 0.29) is 17.7 Å². The Bertz CT molecular complexity index is 255. The Balaban J connectivity index is 2.44. The molecule has 0 spiro atoms. The molecule has 0 aromatic heterocycles. The van der Waals surface area contributed by atoms with Crippen LogP contribution in [0.1, 0.15) is 13.8 Å². The van der Waals surface area contributed by atoms with Gasteiger partial charge in [0.05, 0.1) is 5.92 Å². The first-order chi connectivity index (χ1) is 7.06. The van der Waals surface area contributed by atoms with Gasteiger partial charge in [0, 0.05) is 13.6 Å². The molecule has 1 heterocycles. The average Bonchev–Trinajstić information content (AvgIpc) is 2.63. The molecule has 0 saturated carbocycles. The fraction of sp³-hybridized carbons (Fsp3) is 0.800. The van der Waals surface area contributed by atoms with Gasteiger partial charge >= 0.3 is 0 Å². The molecule has 1 rings (SSSR count). The summed E-state index contributed by atoms with van der Waals surface area (Å²) in [6.07, 6.45) is 0. The van der Waals surface area contributed by atoms with Crippen LogP contribution in [0.3, 0.4) is 0 Å². The number of hydrogen-bond acceptors (Lipinski definition) is 3. The van der Waals surface area contributed by atoms with Crippen molar-refractivity contribution < 1.29 is 9.59 Å². The van der Waals surface area contributed by atoms with Crippen LogP contribution in [0.5, 0.6) is 0 Å². The van der Waals surface area contributed by atoms with Gasteiger partial charge in [-0.05, 0) is 19.4 Å². The van der Waals surface area contributed by atoms with E-state index in [9.17, 15) is 9.59 Å². The lowest BCUT2D eigenvalue weighted by Crippen LogP contribution is -2.46. The van der Waals surface area contributed by atoms with Crippen molar-refractivity contribution in [1.82, 2.24) is 16.0 Å². The van der Waals surface area contributed by atoms with Crippen LogP contribution in [0.4, 0.5) is 0 Å². The monoisotopic (exact) mass is 213 g/mol. The molecule has 0 aliphatic carbocycles. The molecule has 86 valence electrons. The molecular formula is C10H19N3O2. The second kappa shape index (κ2) is 5.11. The molecule has 1 fully saturated rings. The Labute approximate surface area is 90.0 Å². The maximum atomic E-state index is 11.8. The summed E-state index contributed by atoms with van der Waals surface area (Å²) >= 11 is 0. The van der Waals surface area contributed by atoms with Crippen molar-refractivity contribution in [3.63, 3.8) is 0 Å². The van der Waals surface area contributed by atoms with Crippen molar-refractivity contribution in [1.29, 1.82) is 0 Å². The lowest BCUT2D eigenvalue weighted by Gasteiger charge is -2.17. The Morgan fingerprint density at radius 1 is 1.40 bits per heavy atom. The van der Waals surface area contributed by atoms with Gasteiger partial charge in [-0.1, -0.05) is 6.92 Å². The molecule has 0 radical (unpaired) electrons. The number of hydrogen-bond donors (Lipinski definition) is 3. The molecule has 0 bridgehead atoms. The van der Waals surface area contributed by atoms with Crippen LogP contribution in [-0.4, -0.2) is 38.0 Å². The first-order valence-corrected chi connectivity index (χ1v) is 5.29. The van der Waals surface area contributed by atoms with Crippen LogP contribution in [-0.2, 0) is 9.59 Å². The summed E-state index contributed by atoms with van der Waals surface area (Å²) in [4.78, 5) is 23.0. The quantitative estimate of drug-likeness (QED) is 0.568. The van der Waals surface area contributed by atoms with Crippen LogP contribution in [0, 0.1) is 11.8 Å². The van der Waals surface area contributed by atoms with E-state index in [2.05, 4.69) is 16.0 Å². The minimum absolute atomic E-state index is 0.0166. The van der Waals surface area contributed by atoms with Gasteiger partial charge < -0.3 is 16.0 Å². The molecule has 15 heavy (non-hydrogen) atoms. The van der Waals surface area contributed by atoms with Crippen LogP contribution in [0.25, 0.3) is 0 Å². The molecule has 1 saturated heterocycles. The highest BCUT2D eigenvalue weighted by molar-refractivity contribution is 5.88. The Morgan fingerprint density at radius 2 is 2.07 bits per heavy atom. The zero-order chi connectivity index (χ0) is 11.4. The van der Waals surface area contributed by atoms with Crippen molar-refractivity contribution in [2.24, 2.45) is 11.8 Å². The molecule has 5 heteroatoms. The van der Waals surface area contributed by atoms with E-state index in [1.165, 1.54) is 0 Å². The highest BCUT2D eigenvalue weighted by atomic mass is 16.2. The summed E-state index contributed by atoms with van der Waals surface area (Å²) in [7, 11) is 1.56. The highest BCUT2D eigenvalue weighted by Gasteiger charge is 2.30. The Hall–Kier alpha value is -1.10. The lowest BCUT2D eigenvalue weighted by molar-refractivity contribution is -0.130. The summed E-state index contributed by atoms with van der Waals surface area (Å²) in [5, 5.41) is 8.37. The van der Waals surface area contributed by atoms with E-state index < -0.39 is 6.04 Å². The zero-order valence-corrected chi connectivity index (χ0v) is 9.46. The van der Waals surface area contributed by atoms with Crippen molar-refractivity contribution in [2.45, 2.75) is 19.9 Å². The van der Waals surface area contributed by atoms with Gasteiger partial charge in [-0.25, -0.2) is 0 Å². The van der Waals surface area contributed by atoms with Crippen LogP contribution >= 0.6 is 0 Å². The minimum atomic E-state index is -0.463. The second-order valence-electron chi connectivity index (χ2n) is 4.09. The van der Waals surface area contributed by atoms with E-state index in [0.717, 1.165) is 6.54 Å². The summed E-state index contributed by atoms with van der Waals surface area (Å²) in [5.41, 5.74) is 0. The van der Waals surface area contributed by atoms with Crippen LogP contribution < -0.4 is 16.0 Å². The van der Waals surface area contributed by atoms with Gasteiger partial charge in [0.25, 0.3) is 0 Å². The first-order valence-electron chi connectivity index (χ1n) is 5.29. The molecule has 1 unspecified atom stereocenters. The van der Waals surface area contributed by atoms with E-state index in [1.54, 1.807) is 14.0 Å². The van der Waals surface area contributed by atoms with E-state index in [0.29, 0.717) is 12.5 Å². The van der Waals surface area contributed by atoms with Crippen LogP contribution in [0.15, 0.2) is 0 Å². The normalized spacial score (nSPS) is 27.1. The molecule has 1 aliphatic rings. The molecule has 0 aromatic carbocycles. The lowest BCUT2D eigenvalue weighted by atomic mass is 9.97. The number of amides is 2. The first kappa shape index (κ1) is 12.0. The largest absolute Gasteiger partial charge is 0.357 e. The SMILES string of the molecule is CNC(=O)C(C)NC(=O)[C@@H]1CNC[C@H]1C. The van der Waals surface area contributed by atoms with E-state index in [4.69, 9.17) is 0 Å². The third kappa shape index (κ3) is 2.92. The Morgan fingerprint density at radius 3 is 2.53 bits per heavy atom. The smallest absolute Gasteiger partial charge is 0.242 e. The predicted octanol–water partition coefficient (Wildman–Crippen LogP) is -0.907. The number of rotatable bonds is 3. The summed E-state index contributed by atoms with van der Waals surface area (Å²) in [6.45, 7) is 5.29. The predicted molar refractivity (Wildman–Crippen MR) is 57.2 cm³/mol. The minimum Gasteiger partial charge on any atom is -0.357 e. The van der Waals surface area contributed by atoms with Gasteiger partial charge in [0.2, 0.25) is 11.8 Å². The summed E-state index contributed by atoms with van der Waals surface area (Å²) in [6, 6.07) is -0.463.